The summed E-state index contributed by atoms with van der Waals surface area (Å²) in [5.74, 6) is -1.48. The van der Waals surface area contributed by atoms with Gasteiger partial charge in [-0.05, 0) is 18.6 Å². The minimum Gasteiger partial charge on any atom is -0.496 e. The standard InChI is InChI=1S/C23H27N3O9/c1-14(27)20(25-23(30)35-13-15-7-5-4-6-8-15)21(28)24-18(22(29)34-3)12-16-11-17(26(31)32)9-10-19(16)33-2/h4-11,14,18,20,27H,12-13H2,1-3H3,(H,24,28)(H,25,30)/t14-,18-,20+/m1/s1. The fraction of sp³-hybridized carbons (Fsp3) is 0.348. The SMILES string of the molecule is COC(=O)[C@@H](Cc1cc([N+](=O)[O-])ccc1OC)NC(=O)[C@@H](NC(=O)OCc1ccccc1)[C@@H](C)O. The number of methoxy groups -OCH3 is 2. The lowest BCUT2D eigenvalue weighted by atomic mass is 10.0. The van der Waals surface area contributed by atoms with Crippen LogP contribution in [0.25, 0.3) is 0 Å². The number of rotatable bonds is 11. The summed E-state index contributed by atoms with van der Waals surface area (Å²) in [6.07, 6.45) is -2.51. The third-order valence-electron chi connectivity index (χ3n) is 4.95. The van der Waals surface area contributed by atoms with Crippen LogP contribution in [-0.4, -0.2) is 60.4 Å². The van der Waals surface area contributed by atoms with Gasteiger partial charge in [0.25, 0.3) is 5.69 Å². The van der Waals surface area contributed by atoms with E-state index in [1.807, 2.05) is 0 Å². The van der Waals surface area contributed by atoms with Crippen LogP contribution in [0.1, 0.15) is 18.1 Å². The molecule has 0 heterocycles. The Labute approximate surface area is 201 Å². The number of nitrogens with one attached hydrogen (secondary N) is 2. The Morgan fingerprint density at radius 2 is 1.77 bits per heavy atom. The molecule has 0 fully saturated rings. The van der Waals surface area contributed by atoms with Crippen molar-refractivity contribution in [2.24, 2.45) is 0 Å². The number of benzene rings is 2. The van der Waals surface area contributed by atoms with Gasteiger partial charge in [-0.15, -0.1) is 0 Å². The Kier molecular flexibility index (Phi) is 9.97. The smallest absolute Gasteiger partial charge is 0.408 e. The van der Waals surface area contributed by atoms with Gasteiger partial charge in [-0.1, -0.05) is 30.3 Å². The summed E-state index contributed by atoms with van der Waals surface area (Å²) in [6, 6.07) is 9.89. The van der Waals surface area contributed by atoms with Crippen molar-refractivity contribution in [2.75, 3.05) is 14.2 Å². The summed E-state index contributed by atoms with van der Waals surface area (Å²) in [7, 11) is 2.46. The Bertz CT molecular complexity index is 1040. The number of alkyl carbamates (subject to hydrolysis) is 1. The van der Waals surface area contributed by atoms with Gasteiger partial charge in [-0.25, -0.2) is 9.59 Å². The highest BCUT2D eigenvalue weighted by Crippen LogP contribution is 2.25. The summed E-state index contributed by atoms with van der Waals surface area (Å²) >= 11 is 0. The summed E-state index contributed by atoms with van der Waals surface area (Å²) in [5.41, 5.74) is 0.749. The molecular weight excluding hydrogens is 462 g/mol. The van der Waals surface area contributed by atoms with Crippen LogP contribution in [0.15, 0.2) is 48.5 Å². The van der Waals surface area contributed by atoms with Crippen LogP contribution >= 0.6 is 0 Å². The number of carbonyl (C=O) groups is 3. The Morgan fingerprint density at radius 3 is 2.34 bits per heavy atom. The van der Waals surface area contributed by atoms with E-state index in [-0.39, 0.29) is 30.0 Å². The molecule has 2 rings (SSSR count). The maximum atomic E-state index is 12.9. The minimum absolute atomic E-state index is 0.0574. The van der Waals surface area contributed by atoms with Gasteiger partial charge < -0.3 is 30.0 Å². The van der Waals surface area contributed by atoms with Gasteiger partial charge in [-0.3, -0.25) is 14.9 Å². The van der Waals surface area contributed by atoms with E-state index in [0.29, 0.717) is 0 Å². The molecule has 3 N–H and O–H groups in total. The van der Waals surface area contributed by atoms with Crippen LogP contribution in [0, 0.1) is 10.1 Å². The molecule has 2 amide bonds. The quantitative estimate of drug-likeness (QED) is 0.241. The Hall–Kier alpha value is -4.19. The minimum atomic E-state index is -1.46. The molecule has 0 unspecified atom stereocenters. The number of amides is 2. The van der Waals surface area contributed by atoms with Gasteiger partial charge in [0.2, 0.25) is 5.91 Å². The van der Waals surface area contributed by atoms with Gasteiger partial charge in [0, 0.05) is 24.1 Å². The molecule has 12 nitrogen and oxygen atoms in total. The first-order valence-corrected chi connectivity index (χ1v) is 10.5. The number of nitrogens with zero attached hydrogens (tertiary/aromatic N) is 1. The van der Waals surface area contributed by atoms with E-state index >= 15 is 0 Å². The van der Waals surface area contributed by atoms with Crippen LogP contribution in [0.3, 0.4) is 0 Å². The molecule has 0 aliphatic rings. The lowest BCUT2D eigenvalue weighted by Crippen LogP contribution is -2.56. The molecule has 0 radical (unpaired) electrons. The third kappa shape index (κ3) is 7.96. The number of carbonyl (C=O) groups excluding carboxylic acids is 3. The third-order valence-corrected chi connectivity index (χ3v) is 4.95. The second-order valence-electron chi connectivity index (χ2n) is 7.47. The number of esters is 1. The lowest BCUT2D eigenvalue weighted by molar-refractivity contribution is -0.384. The van der Waals surface area contributed by atoms with E-state index in [1.165, 1.54) is 32.2 Å². The van der Waals surface area contributed by atoms with Crippen molar-refractivity contribution in [3.63, 3.8) is 0 Å². The molecule has 2 aromatic rings. The molecule has 0 spiro atoms. The molecule has 35 heavy (non-hydrogen) atoms. The fourth-order valence-electron chi connectivity index (χ4n) is 3.15. The number of non-ortho nitro benzene ring substituents is 1. The molecule has 188 valence electrons. The molecule has 12 heteroatoms. The number of hydrogen-bond acceptors (Lipinski definition) is 9. The number of nitro groups is 1. The predicted molar refractivity (Wildman–Crippen MR) is 123 cm³/mol. The predicted octanol–water partition coefficient (Wildman–Crippen LogP) is 1.48. The van der Waals surface area contributed by atoms with Crippen molar-refractivity contribution in [3.05, 3.63) is 69.8 Å². The number of aliphatic hydroxyl groups is 1. The highest BCUT2D eigenvalue weighted by Gasteiger charge is 2.31. The van der Waals surface area contributed by atoms with E-state index in [9.17, 15) is 29.6 Å². The fourth-order valence-corrected chi connectivity index (χ4v) is 3.15. The largest absolute Gasteiger partial charge is 0.496 e. The highest BCUT2D eigenvalue weighted by atomic mass is 16.6. The van der Waals surface area contributed by atoms with Crippen LogP contribution in [0.5, 0.6) is 5.75 Å². The first-order valence-electron chi connectivity index (χ1n) is 10.5. The van der Waals surface area contributed by atoms with Gasteiger partial charge in [0.15, 0.2) is 0 Å². The molecule has 3 atom stereocenters. The maximum Gasteiger partial charge on any atom is 0.408 e. The maximum absolute atomic E-state index is 12.9. The average molecular weight is 489 g/mol. The number of ether oxygens (including phenoxy) is 3. The van der Waals surface area contributed by atoms with E-state index in [2.05, 4.69) is 10.6 Å². The topological polar surface area (TPSA) is 166 Å². The summed E-state index contributed by atoms with van der Waals surface area (Å²) in [5, 5.41) is 25.9. The van der Waals surface area contributed by atoms with Crippen LogP contribution in [0.2, 0.25) is 0 Å². The van der Waals surface area contributed by atoms with E-state index < -0.39 is 41.1 Å². The summed E-state index contributed by atoms with van der Waals surface area (Å²) in [4.78, 5) is 47.9. The van der Waals surface area contributed by atoms with Gasteiger partial charge >= 0.3 is 12.1 Å². The lowest BCUT2D eigenvalue weighted by Gasteiger charge is -2.24. The molecule has 0 aromatic heterocycles. The van der Waals surface area contributed by atoms with Crippen molar-refractivity contribution >= 4 is 23.7 Å². The van der Waals surface area contributed by atoms with Gasteiger partial charge in [0.1, 0.15) is 24.4 Å². The highest BCUT2D eigenvalue weighted by molar-refractivity contribution is 5.90. The average Bonchev–Trinajstić information content (AvgIpc) is 2.85. The van der Waals surface area contributed by atoms with Crippen LogP contribution < -0.4 is 15.4 Å². The molecular formula is C23H27N3O9. The first kappa shape index (κ1) is 27.1. The van der Waals surface area contributed by atoms with E-state index in [1.54, 1.807) is 30.3 Å². The normalized spacial score (nSPS) is 13.0. The van der Waals surface area contributed by atoms with Crippen molar-refractivity contribution in [1.29, 1.82) is 0 Å². The van der Waals surface area contributed by atoms with Crippen molar-refractivity contribution in [3.8, 4) is 5.75 Å². The second kappa shape index (κ2) is 12.9. The monoisotopic (exact) mass is 489 g/mol. The zero-order valence-electron chi connectivity index (χ0n) is 19.4. The van der Waals surface area contributed by atoms with Crippen LogP contribution in [-0.2, 0) is 32.1 Å². The Balaban J connectivity index is 2.14. The summed E-state index contributed by atoms with van der Waals surface area (Å²) in [6.45, 7) is 1.22. The molecule has 0 saturated carbocycles. The Morgan fingerprint density at radius 1 is 1.09 bits per heavy atom. The first-order chi connectivity index (χ1) is 16.7. The van der Waals surface area contributed by atoms with E-state index in [4.69, 9.17) is 14.2 Å². The molecule has 0 bridgehead atoms. The van der Waals surface area contributed by atoms with Gasteiger partial charge in [0.05, 0.1) is 25.2 Å². The zero-order valence-corrected chi connectivity index (χ0v) is 19.4. The van der Waals surface area contributed by atoms with Crippen molar-refractivity contribution in [2.45, 2.75) is 38.1 Å². The molecule has 0 aliphatic heterocycles. The van der Waals surface area contributed by atoms with Crippen molar-refractivity contribution in [1.82, 2.24) is 10.6 Å². The van der Waals surface area contributed by atoms with E-state index in [0.717, 1.165) is 12.7 Å². The second-order valence-corrected chi connectivity index (χ2v) is 7.47. The molecule has 0 aliphatic carbocycles. The number of nitro benzene ring substituents is 1. The zero-order chi connectivity index (χ0) is 26.0. The van der Waals surface area contributed by atoms with Gasteiger partial charge in [-0.2, -0.15) is 0 Å². The van der Waals surface area contributed by atoms with Crippen LogP contribution in [0.4, 0.5) is 10.5 Å². The number of hydrogen-bond donors (Lipinski definition) is 3. The van der Waals surface area contributed by atoms with Crippen molar-refractivity contribution < 1.29 is 38.6 Å². The molecule has 0 saturated heterocycles. The number of aliphatic hydroxyl groups excluding tert-OH is 1. The molecule has 2 aromatic carbocycles. The summed E-state index contributed by atoms with van der Waals surface area (Å²) < 4.78 is 15.0.